The van der Waals surface area contributed by atoms with Crippen LogP contribution < -0.4 is 5.73 Å². The summed E-state index contributed by atoms with van der Waals surface area (Å²) in [6.45, 7) is 5.03. The van der Waals surface area contributed by atoms with Crippen molar-refractivity contribution in [2.24, 2.45) is 16.6 Å². The molecule has 2 nitrogen and oxygen atoms in total. The number of aliphatic imine (C=N–C) groups is 1. The van der Waals surface area contributed by atoms with E-state index in [1.807, 2.05) is 42.5 Å². The van der Waals surface area contributed by atoms with Gasteiger partial charge in [-0.05, 0) is 17.6 Å². The molecule has 0 fully saturated rings. The molecule has 0 saturated heterocycles. The lowest BCUT2D eigenvalue weighted by Gasteiger charge is -1.98. The number of rotatable bonds is 4. The molecule has 0 bridgehead atoms. The molecule has 0 aliphatic carbocycles. The van der Waals surface area contributed by atoms with E-state index in [-0.39, 0.29) is 0 Å². The van der Waals surface area contributed by atoms with Crippen LogP contribution in [0.4, 0.5) is 0 Å². The second kappa shape index (κ2) is 6.02. The Hall–Kier alpha value is -1.57. The van der Waals surface area contributed by atoms with Gasteiger partial charge in [-0.1, -0.05) is 50.3 Å². The summed E-state index contributed by atoms with van der Waals surface area (Å²) in [6.07, 6.45) is 3.82. The first-order chi connectivity index (χ1) is 7.18. The average molecular weight is 202 g/mol. The quantitative estimate of drug-likeness (QED) is 0.591. The maximum Gasteiger partial charge on any atom is 0.118 e. The van der Waals surface area contributed by atoms with E-state index >= 15 is 0 Å². The van der Waals surface area contributed by atoms with E-state index in [0.29, 0.717) is 11.8 Å². The molecule has 0 radical (unpaired) electrons. The first kappa shape index (κ1) is 11.5. The van der Waals surface area contributed by atoms with Crippen LogP contribution in [0.2, 0.25) is 0 Å². The molecule has 0 amide bonds. The molecule has 0 aromatic heterocycles. The number of nitrogens with zero attached hydrogens (tertiary/aromatic N) is 1. The van der Waals surface area contributed by atoms with Crippen molar-refractivity contribution >= 4 is 11.9 Å². The minimum Gasteiger partial charge on any atom is -0.384 e. The molecule has 2 heteroatoms. The molecule has 0 atom stereocenters. The Bertz CT molecular complexity index is 337. The van der Waals surface area contributed by atoms with Gasteiger partial charge in [0.2, 0.25) is 0 Å². The van der Waals surface area contributed by atoms with Crippen molar-refractivity contribution in [1.29, 1.82) is 0 Å². The van der Waals surface area contributed by atoms with Crippen molar-refractivity contribution < 1.29 is 0 Å². The van der Waals surface area contributed by atoms with Gasteiger partial charge in [0.25, 0.3) is 0 Å². The fourth-order valence-electron chi connectivity index (χ4n) is 1.09. The van der Waals surface area contributed by atoms with E-state index < -0.39 is 0 Å². The Morgan fingerprint density at radius 1 is 1.33 bits per heavy atom. The van der Waals surface area contributed by atoms with Crippen molar-refractivity contribution in [1.82, 2.24) is 0 Å². The smallest absolute Gasteiger partial charge is 0.118 e. The van der Waals surface area contributed by atoms with Crippen LogP contribution in [0, 0.1) is 5.92 Å². The molecular weight excluding hydrogens is 184 g/mol. The van der Waals surface area contributed by atoms with Crippen LogP contribution in [-0.2, 0) is 0 Å². The Kier molecular flexibility index (Phi) is 4.61. The second-order valence-electron chi connectivity index (χ2n) is 3.90. The number of hydrogen-bond acceptors (Lipinski definition) is 1. The summed E-state index contributed by atoms with van der Waals surface area (Å²) in [5, 5.41) is 0. The van der Waals surface area contributed by atoms with E-state index in [2.05, 4.69) is 18.8 Å². The van der Waals surface area contributed by atoms with E-state index in [1.54, 1.807) is 0 Å². The average Bonchev–Trinajstić information content (AvgIpc) is 2.25. The van der Waals surface area contributed by atoms with Crippen LogP contribution in [0.5, 0.6) is 0 Å². The number of benzene rings is 1. The Morgan fingerprint density at radius 2 is 2.00 bits per heavy atom. The molecule has 80 valence electrons. The van der Waals surface area contributed by atoms with Crippen LogP contribution in [0.3, 0.4) is 0 Å². The zero-order valence-corrected chi connectivity index (χ0v) is 9.35. The van der Waals surface area contributed by atoms with Gasteiger partial charge in [-0.25, -0.2) is 0 Å². The molecule has 2 N–H and O–H groups in total. The van der Waals surface area contributed by atoms with Gasteiger partial charge in [-0.15, -0.1) is 0 Å². The summed E-state index contributed by atoms with van der Waals surface area (Å²) < 4.78 is 0. The predicted molar refractivity (Wildman–Crippen MR) is 66.8 cm³/mol. The molecule has 0 spiro atoms. The van der Waals surface area contributed by atoms with Crippen LogP contribution in [0.15, 0.2) is 41.4 Å². The van der Waals surface area contributed by atoms with Crippen LogP contribution in [-0.4, -0.2) is 12.4 Å². The minimum absolute atomic E-state index is 0.550. The summed E-state index contributed by atoms with van der Waals surface area (Å²) in [5.74, 6) is 1.14. The fourth-order valence-corrected chi connectivity index (χ4v) is 1.09. The Balaban J connectivity index is 2.54. The van der Waals surface area contributed by atoms with Crippen molar-refractivity contribution in [3.05, 3.63) is 42.0 Å². The molecular formula is C13H18N2. The molecule has 0 unspecified atom stereocenters. The zero-order valence-electron chi connectivity index (χ0n) is 9.35. The normalized spacial score (nSPS) is 12.6. The van der Waals surface area contributed by atoms with Crippen molar-refractivity contribution in [3.8, 4) is 0 Å². The lowest BCUT2D eigenvalue weighted by atomic mass is 10.2. The number of nitrogens with two attached hydrogens (primary N) is 1. The van der Waals surface area contributed by atoms with Gasteiger partial charge in [0.15, 0.2) is 0 Å². The third kappa shape index (κ3) is 5.01. The summed E-state index contributed by atoms with van der Waals surface area (Å²) in [7, 11) is 0. The van der Waals surface area contributed by atoms with Crippen molar-refractivity contribution in [2.75, 3.05) is 6.54 Å². The van der Waals surface area contributed by atoms with Crippen LogP contribution in [0.25, 0.3) is 6.08 Å². The molecule has 0 aliphatic rings. The van der Waals surface area contributed by atoms with Crippen molar-refractivity contribution in [2.45, 2.75) is 13.8 Å². The van der Waals surface area contributed by atoms with Crippen LogP contribution >= 0.6 is 0 Å². The topological polar surface area (TPSA) is 38.4 Å². The lowest BCUT2D eigenvalue weighted by Crippen LogP contribution is -2.09. The zero-order chi connectivity index (χ0) is 11.1. The monoisotopic (exact) mass is 202 g/mol. The molecule has 15 heavy (non-hydrogen) atoms. The highest BCUT2D eigenvalue weighted by Gasteiger charge is 1.90. The molecule has 1 aromatic carbocycles. The van der Waals surface area contributed by atoms with Gasteiger partial charge < -0.3 is 5.73 Å². The molecule has 0 aliphatic heterocycles. The van der Waals surface area contributed by atoms with Gasteiger partial charge in [-0.2, -0.15) is 0 Å². The maximum atomic E-state index is 5.73. The number of hydrogen-bond donors (Lipinski definition) is 1. The standard InChI is InChI=1S/C13H18N2/c1-11(2)10-15-13(14)9-8-12-6-4-3-5-7-12/h3-9,11H,10H2,1-2H3,(H2,14,15). The Labute approximate surface area is 91.5 Å². The first-order valence-electron chi connectivity index (χ1n) is 5.21. The summed E-state index contributed by atoms with van der Waals surface area (Å²) in [6, 6.07) is 10.1. The van der Waals surface area contributed by atoms with E-state index in [4.69, 9.17) is 5.73 Å². The Morgan fingerprint density at radius 3 is 2.60 bits per heavy atom. The molecule has 0 saturated carbocycles. The minimum atomic E-state index is 0.550. The first-order valence-corrected chi connectivity index (χ1v) is 5.21. The highest BCUT2D eigenvalue weighted by molar-refractivity contribution is 5.95. The number of amidine groups is 1. The largest absolute Gasteiger partial charge is 0.384 e. The summed E-state index contributed by atoms with van der Waals surface area (Å²) >= 11 is 0. The fraction of sp³-hybridized carbons (Fsp3) is 0.308. The third-order valence-corrected chi connectivity index (χ3v) is 1.89. The van der Waals surface area contributed by atoms with Gasteiger partial charge in [-0.3, -0.25) is 4.99 Å². The van der Waals surface area contributed by atoms with Gasteiger partial charge in [0.1, 0.15) is 5.84 Å². The van der Waals surface area contributed by atoms with E-state index in [0.717, 1.165) is 12.1 Å². The predicted octanol–water partition coefficient (Wildman–Crippen LogP) is 2.71. The highest BCUT2D eigenvalue weighted by Crippen LogP contribution is 2.00. The maximum absolute atomic E-state index is 5.73. The summed E-state index contributed by atoms with van der Waals surface area (Å²) in [4.78, 5) is 4.25. The SMILES string of the molecule is CC(C)CN=C(N)C=Cc1ccccc1. The van der Waals surface area contributed by atoms with Gasteiger partial charge >= 0.3 is 0 Å². The molecule has 0 heterocycles. The molecule has 1 rings (SSSR count). The van der Waals surface area contributed by atoms with Gasteiger partial charge in [0, 0.05) is 6.54 Å². The van der Waals surface area contributed by atoms with Crippen LogP contribution in [0.1, 0.15) is 19.4 Å². The highest BCUT2D eigenvalue weighted by atomic mass is 14.8. The van der Waals surface area contributed by atoms with E-state index in [1.165, 1.54) is 0 Å². The van der Waals surface area contributed by atoms with Crippen molar-refractivity contribution in [3.63, 3.8) is 0 Å². The lowest BCUT2D eigenvalue weighted by molar-refractivity contribution is 0.665. The third-order valence-electron chi connectivity index (χ3n) is 1.89. The van der Waals surface area contributed by atoms with Gasteiger partial charge in [0.05, 0.1) is 0 Å². The van der Waals surface area contributed by atoms with E-state index in [9.17, 15) is 0 Å². The second-order valence-corrected chi connectivity index (χ2v) is 3.90. The molecule has 1 aromatic rings. The summed E-state index contributed by atoms with van der Waals surface area (Å²) in [5.41, 5.74) is 6.87.